The second kappa shape index (κ2) is 7.42. The van der Waals surface area contributed by atoms with Gasteiger partial charge in [0.2, 0.25) is 0 Å². The molecule has 4 nitrogen and oxygen atoms in total. The van der Waals surface area contributed by atoms with Crippen molar-refractivity contribution in [1.29, 1.82) is 0 Å². The van der Waals surface area contributed by atoms with Crippen LogP contribution in [0.25, 0.3) is 22.2 Å². The van der Waals surface area contributed by atoms with E-state index in [4.69, 9.17) is 9.97 Å². The van der Waals surface area contributed by atoms with Crippen molar-refractivity contribution >= 4 is 28.1 Å². The van der Waals surface area contributed by atoms with Crippen LogP contribution in [0.3, 0.4) is 0 Å². The van der Waals surface area contributed by atoms with Crippen LogP contribution in [0.15, 0.2) is 91.1 Å². The van der Waals surface area contributed by atoms with Crippen LogP contribution in [0, 0.1) is 6.92 Å². The van der Waals surface area contributed by atoms with Crippen LogP contribution in [0.1, 0.15) is 30.5 Å². The first-order valence-electron chi connectivity index (χ1n) is 11.5. The van der Waals surface area contributed by atoms with Gasteiger partial charge in [-0.25, -0.2) is 9.97 Å². The first-order chi connectivity index (χ1) is 16.4. The number of anilines is 3. The number of hydrogen-bond acceptors (Lipinski definition) is 4. The number of rotatable bonds is 2. The molecule has 0 unspecified atom stereocenters. The van der Waals surface area contributed by atoms with E-state index in [1.165, 1.54) is 11.1 Å². The second-order valence-electron chi connectivity index (χ2n) is 9.45. The zero-order valence-corrected chi connectivity index (χ0v) is 19.4. The molecule has 1 aliphatic rings. The van der Waals surface area contributed by atoms with Crippen LogP contribution in [0.5, 0.6) is 5.75 Å². The Morgan fingerprint density at radius 1 is 0.794 bits per heavy atom. The molecule has 0 amide bonds. The van der Waals surface area contributed by atoms with E-state index in [0.717, 1.165) is 39.4 Å². The van der Waals surface area contributed by atoms with Crippen molar-refractivity contribution in [2.24, 2.45) is 0 Å². The summed E-state index contributed by atoms with van der Waals surface area (Å²) in [5.41, 5.74) is 8.17. The summed E-state index contributed by atoms with van der Waals surface area (Å²) in [7, 11) is 0. The number of benzene rings is 3. The molecule has 0 saturated carbocycles. The molecule has 0 aliphatic carbocycles. The number of pyridine rings is 2. The maximum atomic E-state index is 10.4. The second-order valence-corrected chi connectivity index (χ2v) is 9.45. The normalized spacial score (nSPS) is 14.0. The van der Waals surface area contributed by atoms with Gasteiger partial charge in [-0.3, -0.25) is 4.90 Å². The average Bonchev–Trinajstić information content (AvgIpc) is 2.84. The lowest BCUT2D eigenvalue weighted by Gasteiger charge is -2.41. The van der Waals surface area contributed by atoms with Crippen LogP contribution in [0.4, 0.5) is 17.2 Å². The van der Waals surface area contributed by atoms with Gasteiger partial charge in [-0.1, -0.05) is 62.4 Å². The fourth-order valence-corrected chi connectivity index (χ4v) is 5.06. The zero-order chi connectivity index (χ0) is 23.4. The molecule has 2 aromatic heterocycles. The third-order valence-corrected chi connectivity index (χ3v) is 6.86. The lowest BCUT2D eigenvalue weighted by Crippen LogP contribution is -2.31. The Morgan fingerprint density at radius 2 is 1.62 bits per heavy atom. The molecule has 0 fully saturated rings. The minimum absolute atomic E-state index is 0.167. The Morgan fingerprint density at radius 3 is 2.47 bits per heavy atom. The van der Waals surface area contributed by atoms with Crippen LogP contribution in [-0.2, 0) is 5.41 Å². The number of nitrogens with zero attached hydrogens (tertiary/aromatic N) is 3. The van der Waals surface area contributed by atoms with Gasteiger partial charge in [0.1, 0.15) is 17.1 Å². The van der Waals surface area contributed by atoms with Gasteiger partial charge in [-0.05, 0) is 60.0 Å². The van der Waals surface area contributed by atoms with E-state index >= 15 is 0 Å². The lowest BCUT2D eigenvalue weighted by atomic mass is 9.73. The smallest absolute Gasteiger partial charge is 0.141 e. The van der Waals surface area contributed by atoms with Gasteiger partial charge >= 0.3 is 0 Å². The quantitative estimate of drug-likeness (QED) is 0.308. The lowest BCUT2D eigenvalue weighted by molar-refractivity contribution is 0.480. The van der Waals surface area contributed by atoms with E-state index in [0.29, 0.717) is 5.52 Å². The molecule has 34 heavy (non-hydrogen) atoms. The standard InChI is InChI=1S/C30H25N3O/c1-19-15-16-31-28(17-19)33-25-9-5-4-8-22(25)30(2,3)23-13-11-21(18-26(23)33)24-14-12-20-7-6-10-27(34)29(20)32-24/h4-18,34H,1-3H3. The number of para-hydroxylation sites is 2. The Hall–Kier alpha value is -4.18. The van der Waals surface area contributed by atoms with Gasteiger partial charge in [0.05, 0.1) is 17.1 Å². The molecule has 0 atom stereocenters. The molecule has 3 heterocycles. The largest absolute Gasteiger partial charge is 0.506 e. The number of hydrogen-bond donors (Lipinski definition) is 1. The first-order valence-corrected chi connectivity index (χ1v) is 11.5. The summed E-state index contributed by atoms with van der Waals surface area (Å²) in [6.45, 7) is 6.64. The van der Waals surface area contributed by atoms with E-state index in [1.54, 1.807) is 6.07 Å². The zero-order valence-electron chi connectivity index (χ0n) is 19.4. The molecular formula is C30H25N3O. The molecule has 5 aromatic rings. The van der Waals surface area contributed by atoms with E-state index in [-0.39, 0.29) is 11.2 Å². The summed E-state index contributed by atoms with van der Waals surface area (Å²) < 4.78 is 0. The maximum absolute atomic E-state index is 10.4. The number of aromatic nitrogens is 2. The minimum atomic E-state index is -0.167. The first kappa shape index (κ1) is 20.4. The highest BCUT2D eigenvalue weighted by Crippen LogP contribution is 2.52. The summed E-state index contributed by atoms with van der Waals surface area (Å²) in [5, 5.41) is 11.3. The average molecular weight is 444 g/mol. The molecule has 166 valence electrons. The van der Waals surface area contributed by atoms with E-state index in [2.05, 4.69) is 74.2 Å². The van der Waals surface area contributed by atoms with Crippen LogP contribution >= 0.6 is 0 Å². The van der Waals surface area contributed by atoms with Gasteiger partial charge in [-0.2, -0.15) is 0 Å². The molecule has 6 rings (SSSR count). The molecule has 1 N–H and O–H groups in total. The van der Waals surface area contributed by atoms with Crippen LogP contribution in [0.2, 0.25) is 0 Å². The third-order valence-electron chi connectivity index (χ3n) is 6.86. The summed E-state index contributed by atoms with van der Waals surface area (Å²) in [6.07, 6.45) is 1.87. The maximum Gasteiger partial charge on any atom is 0.141 e. The highest BCUT2D eigenvalue weighted by atomic mass is 16.3. The fourth-order valence-electron chi connectivity index (χ4n) is 5.06. The van der Waals surface area contributed by atoms with Crippen LogP contribution < -0.4 is 4.90 Å². The predicted molar refractivity (Wildman–Crippen MR) is 138 cm³/mol. The summed E-state index contributed by atoms with van der Waals surface area (Å²) in [4.78, 5) is 11.8. The summed E-state index contributed by atoms with van der Waals surface area (Å²) in [6, 6.07) is 28.7. The van der Waals surface area contributed by atoms with Gasteiger partial charge < -0.3 is 5.11 Å². The topological polar surface area (TPSA) is 49.2 Å². The predicted octanol–water partition coefficient (Wildman–Crippen LogP) is 7.42. The van der Waals surface area contributed by atoms with Crippen molar-refractivity contribution in [3.63, 3.8) is 0 Å². The molecule has 4 heteroatoms. The minimum Gasteiger partial charge on any atom is -0.506 e. The van der Waals surface area contributed by atoms with Gasteiger partial charge in [0.15, 0.2) is 0 Å². The summed E-state index contributed by atoms with van der Waals surface area (Å²) in [5.74, 6) is 1.09. The third kappa shape index (κ3) is 3.06. The highest BCUT2D eigenvalue weighted by Gasteiger charge is 2.37. The van der Waals surface area contributed by atoms with Gasteiger partial charge in [0.25, 0.3) is 0 Å². The van der Waals surface area contributed by atoms with E-state index in [9.17, 15) is 5.11 Å². The molecule has 0 radical (unpaired) electrons. The Bertz CT molecular complexity index is 1570. The SMILES string of the molecule is Cc1ccnc(N2c3ccccc3C(C)(C)c3ccc(-c4ccc5cccc(O)c5n4)cc32)c1. The van der Waals surface area contributed by atoms with Gasteiger partial charge in [-0.15, -0.1) is 0 Å². The number of phenolic OH excluding ortho intramolecular Hbond substituents is 1. The molecule has 0 saturated heterocycles. The monoisotopic (exact) mass is 443 g/mol. The Labute approximate surface area is 199 Å². The van der Waals surface area contributed by atoms with Crippen LogP contribution in [-0.4, -0.2) is 15.1 Å². The van der Waals surface area contributed by atoms with Crippen molar-refractivity contribution in [2.75, 3.05) is 4.90 Å². The number of phenols is 1. The summed E-state index contributed by atoms with van der Waals surface area (Å²) >= 11 is 0. The van der Waals surface area contributed by atoms with E-state index < -0.39 is 0 Å². The molecule has 0 bridgehead atoms. The fraction of sp³-hybridized carbons (Fsp3) is 0.133. The number of aryl methyl sites for hydroxylation is 1. The number of fused-ring (bicyclic) bond motifs is 3. The van der Waals surface area contributed by atoms with Crippen molar-refractivity contribution < 1.29 is 5.11 Å². The van der Waals surface area contributed by atoms with Crippen molar-refractivity contribution in [3.8, 4) is 17.0 Å². The van der Waals surface area contributed by atoms with E-state index in [1.807, 2.05) is 36.5 Å². The van der Waals surface area contributed by atoms with Crippen molar-refractivity contribution in [3.05, 3.63) is 108 Å². The van der Waals surface area contributed by atoms with Crippen molar-refractivity contribution in [2.45, 2.75) is 26.2 Å². The van der Waals surface area contributed by atoms with Crippen molar-refractivity contribution in [1.82, 2.24) is 9.97 Å². The molecule has 1 aliphatic heterocycles. The van der Waals surface area contributed by atoms with Gasteiger partial charge in [0, 0.05) is 22.6 Å². The Kier molecular flexibility index (Phi) is 4.46. The molecule has 0 spiro atoms. The molecule has 3 aromatic carbocycles. The number of aromatic hydroxyl groups is 1. The molecular weight excluding hydrogens is 418 g/mol. The highest BCUT2D eigenvalue weighted by molar-refractivity contribution is 5.89. The Balaban J connectivity index is 1.60.